The zero-order valence-corrected chi connectivity index (χ0v) is 10.6. The first-order valence-corrected chi connectivity index (χ1v) is 6.11. The molecule has 1 aromatic rings. The Hall–Kier alpha value is -1.35. The maximum atomic E-state index is 10.3. The lowest BCUT2D eigenvalue weighted by Gasteiger charge is -2.32. The number of anilines is 1. The second-order valence-electron chi connectivity index (χ2n) is 4.32. The van der Waals surface area contributed by atoms with Crippen LogP contribution in [0.3, 0.4) is 0 Å². The predicted octanol–water partition coefficient (Wildman–Crippen LogP) is 1.56. The summed E-state index contributed by atoms with van der Waals surface area (Å²) in [4.78, 5) is 4.07. The van der Waals surface area contributed by atoms with Crippen LogP contribution in [-0.2, 0) is 4.74 Å². The van der Waals surface area contributed by atoms with Crippen molar-refractivity contribution in [2.45, 2.75) is 18.4 Å². The van der Waals surface area contributed by atoms with Crippen molar-refractivity contribution in [1.29, 1.82) is 5.26 Å². The Morgan fingerprint density at radius 3 is 2.94 bits per heavy atom. The predicted molar refractivity (Wildman–Crippen MR) is 67.5 cm³/mol. The van der Waals surface area contributed by atoms with Crippen LogP contribution in [0, 0.1) is 11.3 Å². The van der Waals surface area contributed by atoms with E-state index in [0.717, 1.165) is 0 Å². The van der Waals surface area contributed by atoms with Gasteiger partial charge in [0, 0.05) is 38.8 Å². The lowest BCUT2D eigenvalue weighted by Crippen LogP contribution is -2.42. The lowest BCUT2D eigenvalue weighted by molar-refractivity contribution is -0.0543. The molecule has 5 nitrogen and oxygen atoms in total. The van der Waals surface area contributed by atoms with Crippen LogP contribution in [0.1, 0.15) is 18.4 Å². The molecule has 0 saturated carbocycles. The molecular weight excluding hydrogens is 254 g/mol. The maximum Gasteiger partial charge on any atom is 0.146 e. The largest absolute Gasteiger partial charge is 0.388 e. The fourth-order valence-electron chi connectivity index (χ4n) is 1.83. The van der Waals surface area contributed by atoms with E-state index in [-0.39, 0.29) is 5.02 Å². The molecule has 0 bridgehead atoms. The molecular formula is C12H14ClN3O2. The highest BCUT2D eigenvalue weighted by Crippen LogP contribution is 2.25. The van der Waals surface area contributed by atoms with Gasteiger partial charge in [-0.05, 0) is 6.07 Å². The van der Waals surface area contributed by atoms with Gasteiger partial charge in [-0.1, -0.05) is 11.6 Å². The van der Waals surface area contributed by atoms with Gasteiger partial charge in [-0.15, -0.1) is 0 Å². The van der Waals surface area contributed by atoms with Crippen LogP contribution < -0.4 is 5.32 Å². The molecule has 1 saturated heterocycles. The summed E-state index contributed by atoms with van der Waals surface area (Å²) in [6.07, 6.45) is 2.67. The third-order valence-corrected chi connectivity index (χ3v) is 3.40. The number of aliphatic hydroxyl groups is 1. The molecule has 18 heavy (non-hydrogen) atoms. The van der Waals surface area contributed by atoms with Gasteiger partial charge in [-0.3, -0.25) is 0 Å². The summed E-state index contributed by atoms with van der Waals surface area (Å²) in [6, 6.07) is 3.54. The molecule has 1 aliphatic heterocycles. The van der Waals surface area contributed by atoms with Crippen molar-refractivity contribution in [3.05, 3.63) is 22.8 Å². The molecule has 2 N–H and O–H groups in total. The van der Waals surface area contributed by atoms with Crippen LogP contribution in [-0.4, -0.2) is 35.5 Å². The smallest absolute Gasteiger partial charge is 0.146 e. The Balaban J connectivity index is 2.04. The molecule has 2 heterocycles. The number of hydrogen-bond acceptors (Lipinski definition) is 5. The molecule has 0 atom stereocenters. The van der Waals surface area contributed by atoms with Crippen molar-refractivity contribution in [3.63, 3.8) is 0 Å². The van der Waals surface area contributed by atoms with Crippen LogP contribution in [0.25, 0.3) is 0 Å². The van der Waals surface area contributed by atoms with Crippen LogP contribution >= 0.6 is 11.6 Å². The van der Waals surface area contributed by atoms with E-state index in [9.17, 15) is 5.11 Å². The van der Waals surface area contributed by atoms with Gasteiger partial charge in [-0.2, -0.15) is 5.26 Å². The minimum atomic E-state index is -0.800. The highest BCUT2D eigenvalue weighted by molar-refractivity contribution is 6.34. The molecule has 1 aliphatic rings. The Morgan fingerprint density at radius 2 is 2.28 bits per heavy atom. The monoisotopic (exact) mass is 267 g/mol. The molecule has 0 radical (unpaired) electrons. The highest BCUT2D eigenvalue weighted by atomic mass is 35.5. The fourth-order valence-corrected chi connectivity index (χ4v) is 2.05. The van der Waals surface area contributed by atoms with Crippen LogP contribution in [0.2, 0.25) is 5.02 Å². The summed E-state index contributed by atoms with van der Waals surface area (Å²) >= 11 is 6.02. The van der Waals surface area contributed by atoms with Gasteiger partial charge >= 0.3 is 0 Å². The van der Waals surface area contributed by atoms with Gasteiger partial charge in [0.25, 0.3) is 0 Å². The van der Waals surface area contributed by atoms with Crippen LogP contribution in [0.15, 0.2) is 12.3 Å². The molecule has 0 amide bonds. The first-order chi connectivity index (χ1) is 8.64. The third kappa shape index (κ3) is 2.91. The zero-order valence-electron chi connectivity index (χ0n) is 9.82. The molecule has 2 rings (SSSR count). The average Bonchev–Trinajstić information content (AvgIpc) is 2.38. The SMILES string of the molecule is N#Cc1ccnc(NCC2(O)CCOCC2)c1Cl. The van der Waals surface area contributed by atoms with E-state index in [1.807, 2.05) is 6.07 Å². The third-order valence-electron chi connectivity index (χ3n) is 3.02. The van der Waals surface area contributed by atoms with Crippen molar-refractivity contribution in [1.82, 2.24) is 4.98 Å². The number of rotatable bonds is 3. The van der Waals surface area contributed by atoms with Crippen LogP contribution in [0.5, 0.6) is 0 Å². The first kappa shape index (κ1) is 13.1. The standard InChI is InChI=1S/C12H14ClN3O2/c13-10-9(7-14)1-4-15-11(10)16-8-12(17)2-5-18-6-3-12/h1,4,17H,2-3,5-6,8H2,(H,15,16). The number of nitriles is 1. The van der Waals surface area contributed by atoms with E-state index in [4.69, 9.17) is 21.6 Å². The van der Waals surface area contributed by atoms with Crippen LogP contribution in [0.4, 0.5) is 5.82 Å². The van der Waals surface area contributed by atoms with Gasteiger partial charge in [0.05, 0.1) is 11.2 Å². The molecule has 1 aromatic heterocycles. The zero-order chi connectivity index (χ0) is 13.0. The molecule has 1 fully saturated rings. The fraction of sp³-hybridized carbons (Fsp3) is 0.500. The van der Waals surface area contributed by atoms with E-state index in [1.165, 1.54) is 6.20 Å². The van der Waals surface area contributed by atoms with Gasteiger partial charge in [0.1, 0.15) is 16.9 Å². The van der Waals surface area contributed by atoms with Crippen molar-refractivity contribution in [3.8, 4) is 6.07 Å². The van der Waals surface area contributed by atoms with Crippen molar-refractivity contribution in [2.75, 3.05) is 25.1 Å². The number of ether oxygens (including phenoxy) is 1. The number of aromatic nitrogens is 1. The Morgan fingerprint density at radius 1 is 1.56 bits per heavy atom. The Bertz CT molecular complexity index is 467. The second kappa shape index (κ2) is 5.53. The van der Waals surface area contributed by atoms with E-state index in [1.54, 1.807) is 6.07 Å². The number of hydrogen-bond donors (Lipinski definition) is 2. The Kier molecular flexibility index (Phi) is 4.02. The summed E-state index contributed by atoms with van der Waals surface area (Å²) in [7, 11) is 0. The van der Waals surface area contributed by atoms with E-state index in [0.29, 0.717) is 44.0 Å². The summed E-state index contributed by atoms with van der Waals surface area (Å²) in [5.74, 6) is 0.427. The lowest BCUT2D eigenvalue weighted by atomic mass is 9.94. The summed E-state index contributed by atoms with van der Waals surface area (Å²) in [5.41, 5.74) is -0.431. The van der Waals surface area contributed by atoms with E-state index in [2.05, 4.69) is 10.3 Å². The summed E-state index contributed by atoms with van der Waals surface area (Å²) in [6.45, 7) is 1.45. The minimum absolute atomic E-state index is 0.288. The summed E-state index contributed by atoms with van der Waals surface area (Å²) in [5, 5.41) is 22.4. The van der Waals surface area contributed by atoms with Crippen molar-refractivity contribution < 1.29 is 9.84 Å². The number of nitrogens with one attached hydrogen (secondary N) is 1. The normalized spacial score (nSPS) is 18.1. The Labute approximate surface area is 110 Å². The molecule has 0 aliphatic carbocycles. The number of nitrogens with zero attached hydrogens (tertiary/aromatic N) is 2. The van der Waals surface area contributed by atoms with E-state index >= 15 is 0 Å². The first-order valence-electron chi connectivity index (χ1n) is 5.73. The number of pyridine rings is 1. The summed E-state index contributed by atoms with van der Waals surface area (Å²) < 4.78 is 5.20. The van der Waals surface area contributed by atoms with Gasteiger partial charge in [-0.25, -0.2) is 4.98 Å². The molecule has 0 unspecified atom stereocenters. The van der Waals surface area contributed by atoms with Gasteiger partial charge < -0.3 is 15.2 Å². The number of halogens is 1. The van der Waals surface area contributed by atoms with Gasteiger partial charge in [0.15, 0.2) is 0 Å². The maximum absolute atomic E-state index is 10.3. The van der Waals surface area contributed by atoms with Crippen molar-refractivity contribution in [2.24, 2.45) is 0 Å². The topological polar surface area (TPSA) is 78.2 Å². The molecule has 0 spiro atoms. The highest BCUT2D eigenvalue weighted by Gasteiger charge is 2.29. The quantitative estimate of drug-likeness (QED) is 0.869. The molecule has 6 heteroatoms. The molecule has 0 aromatic carbocycles. The van der Waals surface area contributed by atoms with Gasteiger partial charge in [0.2, 0.25) is 0 Å². The van der Waals surface area contributed by atoms with E-state index < -0.39 is 5.60 Å². The van der Waals surface area contributed by atoms with Crippen molar-refractivity contribution >= 4 is 17.4 Å². The molecule has 96 valence electrons. The second-order valence-corrected chi connectivity index (χ2v) is 4.70. The minimum Gasteiger partial charge on any atom is -0.388 e. The average molecular weight is 268 g/mol.